The predicted molar refractivity (Wildman–Crippen MR) is 174 cm³/mol. The van der Waals surface area contributed by atoms with Crippen molar-refractivity contribution in [3.63, 3.8) is 0 Å². The van der Waals surface area contributed by atoms with Crippen LogP contribution in [-0.2, 0) is 22.5 Å². The van der Waals surface area contributed by atoms with Crippen molar-refractivity contribution in [3.05, 3.63) is 108 Å². The standard InChI is InChI=1S/C33H31FN4O3S2/c1-21(20-40-2)36-19-23-8-10-24(11-9-23)30-18-27-32(43-30)29(14-15-35-27)41-28-13-12-25(17-26(28)34)37-33(42)38-31(39)16-22-6-4-3-5-7-22/h3-15,17-18,21,36H,16,19-20H2,1-2H3,(H2,37,38,39,42). The van der Waals surface area contributed by atoms with Gasteiger partial charge in [0.1, 0.15) is 5.75 Å². The van der Waals surface area contributed by atoms with Crippen LogP contribution in [0.2, 0.25) is 0 Å². The lowest BCUT2D eigenvalue weighted by Crippen LogP contribution is -2.35. The van der Waals surface area contributed by atoms with Crippen LogP contribution in [0.15, 0.2) is 91.1 Å². The number of carbonyl (C=O) groups is 1. The lowest BCUT2D eigenvalue weighted by atomic mass is 10.1. The van der Waals surface area contributed by atoms with Crippen LogP contribution in [0.4, 0.5) is 10.1 Å². The minimum absolute atomic E-state index is 0.0617. The third kappa shape index (κ3) is 8.20. The summed E-state index contributed by atoms with van der Waals surface area (Å²) in [6, 6.07) is 26.1. The molecule has 0 radical (unpaired) electrons. The SMILES string of the molecule is COCC(C)NCc1ccc(-c2cc3nccc(Oc4ccc(NC(=S)NC(=O)Cc5ccccc5)cc4F)c3s2)cc1. The van der Waals surface area contributed by atoms with Gasteiger partial charge in [-0.05, 0) is 54.0 Å². The van der Waals surface area contributed by atoms with Crippen LogP contribution in [0, 0.1) is 5.82 Å². The van der Waals surface area contributed by atoms with Crippen LogP contribution in [0.3, 0.4) is 0 Å². The van der Waals surface area contributed by atoms with Crippen LogP contribution >= 0.6 is 23.6 Å². The van der Waals surface area contributed by atoms with E-state index in [2.05, 4.69) is 52.1 Å². The van der Waals surface area contributed by atoms with Gasteiger partial charge in [-0.25, -0.2) is 4.39 Å². The maximum absolute atomic E-state index is 15.1. The highest BCUT2D eigenvalue weighted by molar-refractivity contribution is 7.80. The van der Waals surface area contributed by atoms with Crippen molar-refractivity contribution in [2.75, 3.05) is 19.0 Å². The summed E-state index contributed by atoms with van der Waals surface area (Å²) in [6.45, 7) is 3.50. The molecular weight excluding hydrogens is 584 g/mol. The second-order valence-corrected chi connectivity index (χ2v) is 11.4. The number of rotatable bonds is 11. The minimum atomic E-state index is -0.575. The monoisotopic (exact) mass is 614 g/mol. The molecule has 2 aromatic heterocycles. The Labute approximate surface area is 259 Å². The molecule has 220 valence electrons. The Balaban J connectivity index is 1.23. The average Bonchev–Trinajstić information content (AvgIpc) is 3.44. The first-order valence-corrected chi connectivity index (χ1v) is 14.9. The number of benzene rings is 3. The first kappa shape index (κ1) is 30.2. The molecule has 5 aromatic rings. The summed E-state index contributed by atoms with van der Waals surface area (Å²) < 4.78 is 27.1. The molecule has 10 heteroatoms. The number of pyridine rings is 1. The molecule has 1 unspecified atom stereocenters. The molecule has 0 aliphatic carbocycles. The number of nitrogens with zero attached hydrogens (tertiary/aromatic N) is 1. The number of thiophene rings is 1. The normalized spacial score (nSPS) is 11.7. The molecule has 43 heavy (non-hydrogen) atoms. The number of halogens is 1. The molecule has 0 saturated heterocycles. The third-order valence-corrected chi connectivity index (χ3v) is 7.95. The fourth-order valence-corrected chi connectivity index (χ4v) is 5.72. The fourth-order valence-electron chi connectivity index (χ4n) is 4.42. The molecule has 1 amide bonds. The second kappa shape index (κ2) is 14.3. The van der Waals surface area contributed by atoms with Crippen molar-refractivity contribution in [2.45, 2.75) is 25.9 Å². The third-order valence-electron chi connectivity index (χ3n) is 6.56. The summed E-state index contributed by atoms with van der Waals surface area (Å²) in [5.74, 6) is -0.264. The summed E-state index contributed by atoms with van der Waals surface area (Å²) in [4.78, 5) is 17.8. The summed E-state index contributed by atoms with van der Waals surface area (Å²) in [7, 11) is 1.70. The van der Waals surface area contributed by atoms with E-state index in [1.54, 1.807) is 25.4 Å². The maximum atomic E-state index is 15.1. The first-order valence-electron chi connectivity index (χ1n) is 13.7. The summed E-state index contributed by atoms with van der Waals surface area (Å²) in [5, 5.41) is 8.99. The molecule has 0 bridgehead atoms. The van der Waals surface area contributed by atoms with E-state index in [9.17, 15) is 4.79 Å². The van der Waals surface area contributed by atoms with Gasteiger partial charge in [0.15, 0.2) is 16.7 Å². The Kier molecular flexibility index (Phi) is 10.1. The molecule has 0 fully saturated rings. The molecule has 0 spiro atoms. The minimum Gasteiger partial charge on any atom is -0.453 e. The van der Waals surface area contributed by atoms with Gasteiger partial charge in [0, 0.05) is 48.6 Å². The van der Waals surface area contributed by atoms with E-state index in [-0.39, 0.29) is 29.2 Å². The molecule has 2 heterocycles. The smallest absolute Gasteiger partial charge is 0.230 e. The van der Waals surface area contributed by atoms with E-state index in [1.165, 1.54) is 29.0 Å². The van der Waals surface area contributed by atoms with Crippen molar-refractivity contribution in [3.8, 4) is 21.9 Å². The van der Waals surface area contributed by atoms with Gasteiger partial charge in [0.05, 0.1) is 23.2 Å². The fraction of sp³-hybridized carbons (Fsp3) is 0.182. The van der Waals surface area contributed by atoms with E-state index in [1.807, 2.05) is 36.4 Å². The van der Waals surface area contributed by atoms with E-state index < -0.39 is 5.82 Å². The topological polar surface area (TPSA) is 84.5 Å². The van der Waals surface area contributed by atoms with E-state index in [0.717, 1.165) is 32.8 Å². The number of aromatic nitrogens is 1. The highest BCUT2D eigenvalue weighted by Gasteiger charge is 2.14. The zero-order valence-electron chi connectivity index (χ0n) is 23.7. The number of methoxy groups -OCH3 is 1. The zero-order chi connectivity index (χ0) is 30.2. The van der Waals surface area contributed by atoms with Crippen LogP contribution in [-0.4, -0.2) is 35.8 Å². The van der Waals surface area contributed by atoms with E-state index in [4.69, 9.17) is 21.7 Å². The number of hydrogen-bond donors (Lipinski definition) is 3. The highest BCUT2D eigenvalue weighted by Crippen LogP contribution is 2.39. The summed E-state index contributed by atoms with van der Waals surface area (Å²) in [5.41, 5.74) is 4.27. The van der Waals surface area contributed by atoms with Crippen LogP contribution in [0.25, 0.3) is 20.7 Å². The number of nitrogens with one attached hydrogen (secondary N) is 3. The van der Waals surface area contributed by atoms with E-state index >= 15 is 4.39 Å². The zero-order valence-corrected chi connectivity index (χ0v) is 25.4. The van der Waals surface area contributed by atoms with Gasteiger partial charge >= 0.3 is 0 Å². The molecule has 1 atom stereocenters. The molecule has 0 aliphatic rings. The number of amides is 1. The summed E-state index contributed by atoms with van der Waals surface area (Å²) in [6.07, 6.45) is 1.83. The molecule has 0 saturated carbocycles. The van der Waals surface area contributed by atoms with Crippen molar-refractivity contribution in [2.24, 2.45) is 0 Å². The maximum Gasteiger partial charge on any atom is 0.230 e. The lowest BCUT2D eigenvalue weighted by Gasteiger charge is -2.12. The summed E-state index contributed by atoms with van der Waals surface area (Å²) >= 11 is 6.77. The molecule has 3 aromatic carbocycles. The average molecular weight is 615 g/mol. The molecule has 3 N–H and O–H groups in total. The number of anilines is 1. The predicted octanol–water partition coefficient (Wildman–Crippen LogP) is 7.07. The van der Waals surface area contributed by atoms with Crippen molar-refractivity contribution < 1.29 is 18.7 Å². The Bertz CT molecular complexity index is 1710. The number of fused-ring (bicyclic) bond motifs is 1. The van der Waals surface area contributed by atoms with Gasteiger partial charge in [0.25, 0.3) is 0 Å². The quantitative estimate of drug-likeness (QED) is 0.137. The van der Waals surface area contributed by atoms with Gasteiger partial charge in [-0.2, -0.15) is 0 Å². The molecular formula is C33H31FN4O3S2. The Morgan fingerprint density at radius 2 is 1.79 bits per heavy atom. The van der Waals surface area contributed by atoms with Crippen molar-refractivity contribution >= 4 is 50.5 Å². The van der Waals surface area contributed by atoms with Gasteiger partial charge in [-0.1, -0.05) is 54.6 Å². The first-order chi connectivity index (χ1) is 20.9. The van der Waals surface area contributed by atoms with Gasteiger partial charge in [0.2, 0.25) is 5.91 Å². The van der Waals surface area contributed by atoms with Gasteiger partial charge in [-0.3, -0.25) is 9.78 Å². The Morgan fingerprint density at radius 3 is 2.53 bits per heavy atom. The second-order valence-electron chi connectivity index (χ2n) is 9.98. The molecule has 0 aliphatic heterocycles. The number of thiocarbonyl (C=S) groups is 1. The van der Waals surface area contributed by atoms with E-state index in [0.29, 0.717) is 18.0 Å². The van der Waals surface area contributed by atoms with Crippen molar-refractivity contribution in [1.29, 1.82) is 0 Å². The number of ether oxygens (including phenoxy) is 2. The highest BCUT2D eigenvalue weighted by atomic mass is 32.1. The number of hydrogen-bond acceptors (Lipinski definition) is 7. The van der Waals surface area contributed by atoms with Crippen LogP contribution in [0.5, 0.6) is 11.5 Å². The van der Waals surface area contributed by atoms with Gasteiger partial charge < -0.3 is 25.4 Å². The lowest BCUT2D eigenvalue weighted by molar-refractivity contribution is -0.119. The van der Waals surface area contributed by atoms with Crippen LogP contribution in [0.1, 0.15) is 18.1 Å². The number of carbonyl (C=O) groups excluding carboxylic acids is 1. The largest absolute Gasteiger partial charge is 0.453 e. The molecule has 7 nitrogen and oxygen atoms in total. The Morgan fingerprint density at radius 1 is 1.00 bits per heavy atom. The van der Waals surface area contributed by atoms with Gasteiger partial charge in [-0.15, -0.1) is 11.3 Å². The van der Waals surface area contributed by atoms with Crippen LogP contribution < -0.4 is 20.7 Å². The Hall–Kier alpha value is -4.22. The molecule has 5 rings (SSSR count). The van der Waals surface area contributed by atoms with Crippen molar-refractivity contribution in [1.82, 2.24) is 15.6 Å².